The van der Waals surface area contributed by atoms with Crippen LogP contribution in [0.15, 0.2) is 52.8 Å². The number of aromatic hydroxyl groups is 1. The molecule has 0 aliphatic heterocycles. The van der Waals surface area contributed by atoms with Crippen LogP contribution in [0, 0.1) is 0 Å². The maximum absolute atomic E-state index is 11.6. The Morgan fingerprint density at radius 2 is 2.04 bits per heavy atom. The molecular formula is C21H21N3O3S. The van der Waals surface area contributed by atoms with Gasteiger partial charge in [0, 0.05) is 17.0 Å². The van der Waals surface area contributed by atoms with Crippen LogP contribution in [-0.4, -0.2) is 22.2 Å². The van der Waals surface area contributed by atoms with Crippen molar-refractivity contribution in [2.45, 2.75) is 25.8 Å². The van der Waals surface area contributed by atoms with Gasteiger partial charge in [0.05, 0.1) is 23.6 Å². The summed E-state index contributed by atoms with van der Waals surface area (Å²) in [7, 11) is 0. The molecule has 1 saturated carbocycles. The number of thiazole rings is 1. The van der Waals surface area contributed by atoms with Crippen LogP contribution in [0.4, 0.5) is 5.69 Å². The summed E-state index contributed by atoms with van der Waals surface area (Å²) in [6, 6.07) is 13.0. The predicted molar refractivity (Wildman–Crippen MR) is 109 cm³/mol. The number of aromatic nitrogens is 1. The second kappa shape index (κ2) is 7.52. The van der Waals surface area contributed by atoms with Crippen molar-refractivity contribution in [3.8, 4) is 22.8 Å². The highest BCUT2D eigenvalue weighted by atomic mass is 32.1. The fourth-order valence-electron chi connectivity index (χ4n) is 3.08. The predicted octanol–water partition coefficient (Wildman–Crippen LogP) is 3.99. The summed E-state index contributed by atoms with van der Waals surface area (Å²) < 4.78 is 7.69. The summed E-state index contributed by atoms with van der Waals surface area (Å²) in [5.74, 6) is 0.0714. The first-order valence-corrected chi connectivity index (χ1v) is 10.1. The zero-order valence-corrected chi connectivity index (χ0v) is 16.3. The second-order valence-corrected chi connectivity index (χ2v) is 7.48. The summed E-state index contributed by atoms with van der Waals surface area (Å²) in [5, 5.41) is 11.9. The van der Waals surface area contributed by atoms with E-state index in [-0.39, 0.29) is 11.3 Å². The standard InChI is InChI=1S/C21H21N3O3S/c1-2-27-16-8-4-14(5-9-16)23-21-24(15-6-7-15)18(12-28-21)13-3-10-19(25)17(11-13)20(22)26/h3-5,8-12,15,25H,2,6-7H2,1H3,(H2,22,26). The first-order valence-electron chi connectivity index (χ1n) is 9.17. The van der Waals surface area contributed by atoms with E-state index in [0.717, 1.165) is 40.3 Å². The lowest BCUT2D eigenvalue weighted by Gasteiger charge is -2.09. The van der Waals surface area contributed by atoms with E-state index in [2.05, 4.69) is 4.57 Å². The maximum Gasteiger partial charge on any atom is 0.252 e. The van der Waals surface area contributed by atoms with Crippen LogP contribution in [0.25, 0.3) is 11.3 Å². The Morgan fingerprint density at radius 1 is 1.29 bits per heavy atom. The molecule has 3 aromatic rings. The van der Waals surface area contributed by atoms with E-state index in [1.165, 1.54) is 6.07 Å². The average Bonchev–Trinajstić information content (AvgIpc) is 3.44. The van der Waals surface area contributed by atoms with Crippen molar-refractivity contribution >= 4 is 22.9 Å². The van der Waals surface area contributed by atoms with Gasteiger partial charge in [0.15, 0.2) is 4.80 Å². The Labute approximate surface area is 166 Å². The van der Waals surface area contributed by atoms with Crippen molar-refractivity contribution in [2.24, 2.45) is 10.7 Å². The molecule has 1 heterocycles. The molecule has 0 unspecified atom stereocenters. The number of carbonyl (C=O) groups is 1. The van der Waals surface area contributed by atoms with Crippen LogP contribution in [0.2, 0.25) is 0 Å². The van der Waals surface area contributed by atoms with Gasteiger partial charge >= 0.3 is 0 Å². The molecule has 28 heavy (non-hydrogen) atoms. The highest BCUT2D eigenvalue weighted by Crippen LogP contribution is 2.38. The first-order chi connectivity index (χ1) is 13.6. The molecule has 0 spiro atoms. The van der Waals surface area contributed by atoms with Crippen molar-refractivity contribution < 1.29 is 14.6 Å². The monoisotopic (exact) mass is 395 g/mol. The smallest absolute Gasteiger partial charge is 0.252 e. The minimum absolute atomic E-state index is 0.108. The minimum atomic E-state index is -0.646. The maximum atomic E-state index is 11.6. The number of primary amides is 1. The number of benzene rings is 2. The molecule has 0 saturated heterocycles. The second-order valence-electron chi connectivity index (χ2n) is 6.64. The molecule has 4 rings (SSSR count). The molecule has 0 atom stereocenters. The lowest BCUT2D eigenvalue weighted by atomic mass is 10.1. The summed E-state index contributed by atoms with van der Waals surface area (Å²) in [6.07, 6.45) is 2.20. The normalized spacial score (nSPS) is 14.2. The van der Waals surface area contributed by atoms with E-state index < -0.39 is 5.91 Å². The molecule has 0 radical (unpaired) electrons. The fraction of sp³-hybridized carbons (Fsp3) is 0.238. The molecule has 1 aromatic heterocycles. The van der Waals surface area contributed by atoms with Crippen molar-refractivity contribution in [1.29, 1.82) is 0 Å². The number of phenols is 1. The summed E-state index contributed by atoms with van der Waals surface area (Å²) in [5.41, 5.74) is 8.17. The molecule has 144 valence electrons. The van der Waals surface area contributed by atoms with Crippen molar-refractivity contribution in [3.63, 3.8) is 0 Å². The molecule has 1 fully saturated rings. The fourth-order valence-corrected chi connectivity index (χ4v) is 4.07. The van der Waals surface area contributed by atoms with Crippen LogP contribution >= 0.6 is 11.3 Å². The van der Waals surface area contributed by atoms with Gasteiger partial charge in [-0.3, -0.25) is 4.79 Å². The van der Waals surface area contributed by atoms with Crippen LogP contribution in [-0.2, 0) is 0 Å². The third-order valence-corrected chi connectivity index (χ3v) is 5.42. The van der Waals surface area contributed by atoms with E-state index >= 15 is 0 Å². The Balaban J connectivity index is 1.77. The van der Waals surface area contributed by atoms with Gasteiger partial charge < -0.3 is 20.1 Å². The SMILES string of the molecule is CCOc1ccc(N=c2scc(-c3ccc(O)c(C(N)=O)c3)n2C2CC2)cc1. The minimum Gasteiger partial charge on any atom is -0.507 e. The molecule has 6 nitrogen and oxygen atoms in total. The van der Waals surface area contributed by atoms with Gasteiger partial charge in [-0.1, -0.05) is 0 Å². The van der Waals surface area contributed by atoms with Crippen LogP contribution < -0.4 is 15.3 Å². The number of carbonyl (C=O) groups excluding carboxylic acids is 1. The topological polar surface area (TPSA) is 89.8 Å². The van der Waals surface area contributed by atoms with E-state index in [9.17, 15) is 9.90 Å². The highest BCUT2D eigenvalue weighted by molar-refractivity contribution is 7.07. The van der Waals surface area contributed by atoms with Gasteiger partial charge in [0.1, 0.15) is 11.5 Å². The zero-order chi connectivity index (χ0) is 19.7. The Kier molecular flexibility index (Phi) is 4.92. The van der Waals surface area contributed by atoms with Crippen molar-refractivity contribution in [1.82, 2.24) is 4.57 Å². The lowest BCUT2D eigenvalue weighted by molar-refractivity contribution is 0.0998. The number of rotatable bonds is 6. The molecule has 7 heteroatoms. The van der Waals surface area contributed by atoms with Gasteiger partial charge in [-0.2, -0.15) is 0 Å². The molecule has 2 aromatic carbocycles. The largest absolute Gasteiger partial charge is 0.507 e. The van der Waals surface area contributed by atoms with Crippen LogP contribution in [0.1, 0.15) is 36.2 Å². The molecule has 0 bridgehead atoms. The quantitative estimate of drug-likeness (QED) is 0.661. The molecule has 1 aliphatic carbocycles. The summed E-state index contributed by atoms with van der Waals surface area (Å²) in [4.78, 5) is 17.3. The lowest BCUT2D eigenvalue weighted by Crippen LogP contribution is -2.15. The molecule has 1 amide bonds. The first kappa shape index (κ1) is 18.3. The summed E-state index contributed by atoms with van der Waals surface area (Å²) >= 11 is 1.55. The number of ether oxygens (including phenoxy) is 1. The van der Waals surface area contributed by atoms with Gasteiger partial charge in [0.25, 0.3) is 5.91 Å². The Hall–Kier alpha value is -3.06. The molecule has 3 N–H and O–H groups in total. The zero-order valence-electron chi connectivity index (χ0n) is 15.5. The number of hydrogen-bond acceptors (Lipinski definition) is 5. The Bertz CT molecular complexity index is 1080. The van der Waals surface area contributed by atoms with Gasteiger partial charge in [0.2, 0.25) is 0 Å². The molecule has 1 aliphatic rings. The average molecular weight is 395 g/mol. The third kappa shape index (κ3) is 3.66. The van der Waals surface area contributed by atoms with Gasteiger partial charge in [-0.15, -0.1) is 11.3 Å². The third-order valence-electron chi connectivity index (χ3n) is 4.58. The van der Waals surface area contributed by atoms with E-state index in [0.29, 0.717) is 12.6 Å². The van der Waals surface area contributed by atoms with Crippen molar-refractivity contribution in [3.05, 3.63) is 58.2 Å². The van der Waals surface area contributed by atoms with Gasteiger partial charge in [-0.25, -0.2) is 4.99 Å². The van der Waals surface area contributed by atoms with E-state index in [1.807, 2.05) is 36.6 Å². The number of amides is 1. The van der Waals surface area contributed by atoms with E-state index in [1.54, 1.807) is 23.5 Å². The van der Waals surface area contributed by atoms with Crippen LogP contribution in [0.5, 0.6) is 11.5 Å². The van der Waals surface area contributed by atoms with Crippen molar-refractivity contribution in [2.75, 3.05) is 6.61 Å². The summed E-state index contributed by atoms with van der Waals surface area (Å²) in [6.45, 7) is 2.59. The van der Waals surface area contributed by atoms with E-state index in [4.69, 9.17) is 15.5 Å². The number of nitrogens with zero attached hydrogens (tertiary/aromatic N) is 2. The van der Waals surface area contributed by atoms with Crippen LogP contribution in [0.3, 0.4) is 0 Å². The number of nitrogens with two attached hydrogens (primary N) is 1. The number of hydrogen-bond donors (Lipinski definition) is 2. The highest BCUT2D eigenvalue weighted by Gasteiger charge is 2.27. The molecular weight excluding hydrogens is 374 g/mol. The Morgan fingerprint density at radius 3 is 2.68 bits per heavy atom. The van der Waals surface area contributed by atoms with Gasteiger partial charge in [-0.05, 0) is 62.2 Å².